The van der Waals surface area contributed by atoms with Crippen LogP contribution in [0.15, 0.2) is 36.4 Å². The first-order chi connectivity index (χ1) is 9.72. The third-order valence-corrected chi connectivity index (χ3v) is 4.77. The highest BCUT2D eigenvalue weighted by molar-refractivity contribution is 6.04. The number of aromatic hydroxyl groups is 1. The molecule has 2 atom stereocenters. The standard InChI is InChI=1S/C17H17NO2/c19-16-6-2-3-13-14(16)4-1-5-15(13)18-17(20)12-8-10-7-11(10)9-12/h1-6,10-12,19H,7-9H2,(H,18,20). The molecule has 2 fully saturated rings. The minimum absolute atomic E-state index is 0.132. The summed E-state index contributed by atoms with van der Waals surface area (Å²) in [6.07, 6.45) is 3.42. The highest BCUT2D eigenvalue weighted by atomic mass is 16.3. The predicted molar refractivity (Wildman–Crippen MR) is 78.6 cm³/mol. The van der Waals surface area contributed by atoms with Gasteiger partial charge in [-0.05, 0) is 43.2 Å². The van der Waals surface area contributed by atoms with Crippen LogP contribution in [0.5, 0.6) is 5.75 Å². The SMILES string of the molecule is O=C(Nc1cccc2c(O)cccc12)C1CC2CC2C1. The van der Waals surface area contributed by atoms with Gasteiger partial charge in [-0.1, -0.05) is 24.3 Å². The lowest BCUT2D eigenvalue weighted by Gasteiger charge is -2.14. The Bertz CT molecular complexity index is 684. The van der Waals surface area contributed by atoms with Crippen LogP contribution in [0.1, 0.15) is 19.3 Å². The fraction of sp³-hybridized carbons (Fsp3) is 0.353. The van der Waals surface area contributed by atoms with Crippen molar-refractivity contribution < 1.29 is 9.90 Å². The van der Waals surface area contributed by atoms with E-state index in [9.17, 15) is 9.90 Å². The number of anilines is 1. The molecular formula is C17H17NO2. The second kappa shape index (κ2) is 4.23. The zero-order valence-corrected chi connectivity index (χ0v) is 11.2. The quantitative estimate of drug-likeness (QED) is 0.874. The molecule has 2 aromatic carbocycles. The minimum atomic E-state index is 0.132. The monoisotopic (exact) mass is 267 g/mol. The van der Waals surface area contributed by atoms with Crippen molar-refractivity contribution in [3.05, 3.63) is 36.4 Å². The molecular weight excluding hydrogens is 250 g/mol. The zero-order chi connectivity index (χ0) is 13.7. The molecule has 2 aromatic rings. The van der Waals surface area contributed by atoms with Crippen LogP contribution in [0.25, 0.3) is 10.8 Å². The van der Waals surface area contributed by atoms with Crippen LogP contribution < -0.4 is 5.32 Å². The second-order valence-corrected chi connectivity index (χ2v) is 6.09. The highest BCUT2D eigenvalue weighted by Gasteiger charge is 2.47. The lowest BCUT2D eigenvalue weighted by molar-refractivity contribution is -0.119. The van der Waals surface area contributed by atoms with Crippen LogP contribution in [-0.2, 0) is 4.79 Å². The summed E-state index contributed by atoms with van der Waals surface area (Å²) in [4.78, 5) is 12.3. The molecule has 20 heavy (non-hydrogen) atoms. The number of hydrogen-bond donors (Lipinski definition) is 2. The Balaban J connectivity index is 1.62. The molecule has 0 saturated heterocycles. The van der Waals surface area contributed by atoms with Crippen LogP contribution >= 0.6 is 0 Å². The van der Waals surface area contributed by atoms with Crippen molar-refractivity contribution in [1.29, 1.82) is 0 Å². The summed E-state index contributed by atoms with van der Waals surface area (Å²) in [5.74, 6) is 2.17. The van der Waals surface area contributed by atoms with Crippen molar-refractivity contribution >= 4 is 22.4 Å². The lowest BCUT2D eigenvalue weighted by atomic mass is 10.0. The van der Waals surface area contributed by atoms with Gasteiger partial charge < -0.3 is 10.4 Å². The van der Waals surface area contributed by atoms with E-state index in [2.05, 4.69) is 5.32 Å². The largest absolute Gasteiger partial charge is 0.507 e. The van der Waals surface area contributed by atoms with Crippen molar-refractivity contribution in [1.82, 2.24) is 0 Å². The maximum absolute atomic E-state index is 12.3. The summed E-state index contributed by atoms with van der Waals surface area (Å²) in [5, 5.41) is 14.6. The number of benzene rings is 2. The maximum Gasteiger partial charge on any atom is 0.227 e. The third kappa shape index (κ3) is 1.85. The van der Waals surface area contributed by atoms with Crippen LogP contribution in [0.2, 0.25) is 0 Å². The van der Waals surface area contributed by atoms with E-state index in [1.54, 1.807) is 12.1 Å². The molecule has 0 spiro atoms. The van der Waals surface area contributed by atoms with Gasteiger partial charge in [0.25, 0.3) is 0 Å². The number of hydrogen-bond acceptors (Lipinski definition) is 2. The molecule has 0 aromatic heterocycles. The van der Waals surface area contributed by atoms with Gasteiger partial charge in [0, 0.05) is 22.4 Å². The molecule has 2 N–H and O–H groups in total. The second-order valence-electron chi connectivity index (χ2n) is 6.09. The summed E-state index contributed by atoms with van der Waals surface area (Å²) < 4.78 is 0. The normalized spacial score (nSPS) is 27.3. The molecule has 2 saturated carbocycles. The molecule has 2 aliphatic rings. The maximum atomic E-state index is 12.3. The minimum Gasteiger partial charge on any atom is -0.507 e. The Morgan fingerprint density at radius 2 is 1.70 bits per heavy atom. The Kier molecular flexibility index (Phi) is 2.49. The third-order valence-electron chi connectivity index (χ3n) is 4.77. The van der Waals surface area contributed by atoms with Crippen molar-refractivity contribution in [2.45, 2.75) is 19.3 Å². The van der Waals surface area contributed by atoms with E-state index in [1.165, 1.54) is 6.42 Å². The summed E-state index contributed by atoms with van der Waals surface area (Å²) in [6, 6.07) is 11.0. The van der Waals surface area contributed by atoms with Crippen LogP contribution in [-0.4, -0.2) is 11.0 Å². The van der Waals surface area contributed by atoms with Gasteiger partial charge in [-0.2, -0.15) is 0 Å². The molecule has 2 unspecified atom stereocenters. The van der Waals surface area contributed by atoms with Crippen LogP contribution in [0, 0.1) is 17.8 Å². The van der Waals surface area contributed by atoms with Crippen molar-refractivity contribution in [3.8, 4) is 5.75 Å². The van der Waals surface area contributed by atoms with E-state index in [0.717, 1.165) is 41.1 Å². The topological polar surface area (TPSA) is 49.3 Å². The molecule has 0 heterocycles. The first kappa shape index (κ1) is 11.8. The van der Waals surface area contributed by atoms with Gasteiger partial charge in [-0.25, -0.2) is 0 Å². The summed E-state index contributed by atoms with van der Waals surface area (Å²) >= 11 is 0. The molecule has 102 valence electrons. The molecule has 0 aliphatic heterocycles. The molecule has 2 aliphatic carbocycles. The van der Waals surface area contributed by atoms with E-state index in [-0.39, 0.29) is 17.6 Å². The Morgan fingerprint density at radius 3 is 2.50 bits per heavy atom. The molecule has 3 nitrogen and oxygen atoms in total. The summed E-state index contributed by atoms with van der Waals surface area (Å²) in [5.41, 5.74) is 0.795. The molecule has 0 radical (unpaired) electrons. The number of rotatable bonds is 2. The van der Waals surface area contributed by atoms with Crippen molar-refractivity contribution in [2.75, 3.05) is 5.32 Å². The van der Waals surface area contributed by atoms with Crippen LogP contribution in [0.4, 0.5) is 5.69 Å². The molecule has 1 amide bonds. The number of amides is 1. The average Bonchev–Trinajstić information content (AvgIpc) is 3.06. The van der Waals surface area contributed by atoms with E-state index in [1.807, 2.05) is 24.3 Å². The number of phenolic OH excluding ortho intramolecular Hbond substituents is 1. The zero-order valence-electron chi connectivity index (χ0n) is 11.2. The summed E-state index contributed by atoms with van der Waals surface area (Å²) in [7, 11) is 0. The van der Waals surface area contributed by atoms with E-state index in [4.69, 9.17) is 0 Å². The van der Waals surface area contributed by atoms with Crippen LogP contribution in [0.3, 0.4) is 0 Å². The van der Waals surface area contributed by atoms with Gasteiger partial charge in [-0.15, -0.1) is 0 Å². The fourth-order valence-corrected chi connectivity index (χ4v) is 3.57. The van der Waals surface area contributed by atoms with Crippen molar-refractivity contribution in [3.63, 3.8) is 0 Å². The number of carbonyl (C=O) groups excluding carboxylic acids is 1. The fourth-order valence-electron chi connectivity index (χ4n) is 3.57. The molecule has 3 heteroatoms. The Labute approximate surface area is 117 Å². The van der Waals surface area contributed by atoms with Gasteiger partial charge in [0.05, 0.1) is 0 Å². The first-order valence-corrected chi connectivity index (χ1v) is 7.24. The van der Waals surface area contributed by atoms with E-state index in [0.29, 0.717) is 0 Å². The number of fused-ring (bicyclic) bond motifs is 2. The van der Waals surface area contributed by atoms with Gasteiger partial charge in [0.1, 0.15) is 5.75 Å². The van der Waals surface area contributed by atoms with Crippen molar-refractivity contribution in [2.24, 2.45) is 17.8 Å². The highest BCUT2D eigenvalue weighted by Crippen LogP contribution is 2.54. The number of carbonyl (C=O) groups is 1. The number of phenols is 1. The van der Waals surface area contributed by atoms with E-state index >= 15 is 0 Å². The van der Waals surface area contributed by atoms with Gasteiger partial charge in [0.15, 0.2) is 0 Å². The number of nitrogens with one attached hydrogen (secondary N) is 1. The predicted octanol–water partition coefficient (Wildman–Crippen LogP) is 3.53. The Hall–Kier alpha value is -2.03. The summed E-state index contributed by atoms with van der Waals surface area (Å²) in [6.45, 7) is 0. The van der Waals surface area contributed by atoms with Gasteiger partial charge >= 0.3 is 0 Å². The Morgan fingerprint density at radius 1 is 1.00 bits per heavy atom. The first-order valence-electron chi connectivity index (χ1n) is 7.24. The average molecular weight is 267 g/mol. The smallest absolute Gasteiger partial charge is 0.227 e. The molecule has 0 bridgehead atoms. The van der Waals surface area contributed by atoms with Gasteiger partial charge in [0.2, 0.25) is 5.91 Å². The van der Waals surface area contributed by atoms with E-state index < -0.39 is 0 Å². The molecule has 4 rings (SSSR count). The lowest BCUT2D eigenvalue weighted by Crippen LogP contribution is -2.21. The van der Waals surface area contributed by atoms with Gasteiger partial charge in [-0.3, -0.25) is 4.79 Å².